The molecule has 0 saturated carbocycles. The Kier molecular flexibility index (Phi) is 7.44. The van der Waals surface area contributed by atoms with Gasteiger partial charge in [0.1, 0.15) is 11.5 Å². The van der Waals surface area contributed by atoms with Crippen molar-refractivity contribution in [1.82, 2.24) is 0 Å². The molecule has 1 aliphatic rings. The SMILES string of the molecule is CC(=O)CCc1ccc(OCCCC[NH+]2CCCCC2)cc1. The van der Waals surface area contributed by atoms with E-state index in [1.165, 1.54) is 50.9 Å². The van der Waals surface area contributed by atoms with Crippen LogP contribution < -0.4 is 9.64 Å². The van der Waals surface area contributed by atoms with Crippen molar-refractivity contribution in [3.05, 3.63) is 29.8 Å². The van der Waals surface area contributed by atoms with E-state index in [0.29, 0.717) is 6.42 Å². The fraction of sp³-hybridized carbons (Fsp3) is 0.632. The Morgan fingerprint density at radius 3 is 2.50 bits per heavy atom. The topological polar surface area (TPSA) is 30.7 Å². The van der Waals surface area contributed by atoms with Crippen LogP contribution in [0.4, 0.5) is 0 Å². The molecule has 1 aromatic rings. The average molecular weight is 304 g/mol. The molecule has 0 radical (unpaired) electrons. The third-order valence-electron chi connectivity index (χ3n) is 4.44. The van der Waals surface area contributed by atoms with Gasteiger partial charge in [0.2, 0.25) is 0 Å². The van der Waals surface area contributed by atoms with Crippen molar-refractivity contribution in [3.8, 4) is 5.75 Å². The zero-order valence-electron chi connectivity index (χ0n) is 13.9. The van der Waals surface area contributed by atoms with E-state index in [-0.39, 0.29) is 5.78 Å². The number of unbranched alkanes of at least 4 members (excludes halogenated alkanes) is 1. The summed E-state index contributed by atoms with van der Waals surface area (Å²) in [5.74, 6) is 1.19. The molecule has 1 heterocycles. The highest BCUT2D eigenvalue weighted by atomic mass is 16.5. The van der Waals surface area contributed by atoms with Crippen molar-refractivity contribution in [2.24, 2.45) is 0 Å². The van der Waals surface area contributed by atoms with Crippen LogP contribution in [0.5, 0.6) is 5.75 Å². The van der Waals surface area contributed by atoms with Gasteiger partial charge in [-0.25, -0.2) is 0 Å². The minimum Gasteiger partial charge on any atom is -0.494 e. The van der Waals surface area contributed by atoms with Crippen molar-refractivity contribution in [2.45, 2.75) is 51.9 Å². The third kappa shape index (κ3) is 6.61. The van der Waals surface area contributed by atoms with Crippen molar-refractivity contribution >= 4 is 5.78 Å². The standard InChI is InChI=1S/C19H29NO2/c1-17(21)7-8-18-9-11-19(12-10-18)22-16-6-5-15-20-13-3-2-4-14-20/h9-12H,2-8,13-16H2,1H3/p+1. The predicted octanol–water partition coefficient (Wildman–Crippen LogP) is 2.44. The van der Waals surface area contributed by atoms with E-state index in [4.69, 9.17) is 4.74 Å². The summed E-state index contributed by atoms with van der Waals surface area (Å²) >= 11 is 0. The summed E-state index contributed by atoms with van der Waals surface area (Å²) in [4.78, 5) is 12.8. The molecule has 1 aliphatic heterocycles. The van der Waals surface area contributed by atoms with Gasteiger partial charge in [0.15, 0.2) is 0 Å². The van der Waals surface area contributed by atoms with Crippen molar-refractivity contribution in [1.29, 1.82) is 0 Å². The van der Waals surface area contributed by atoms with E-state index in [2.05, 4.69) is 12.1 Å². The van der Waals surface area contributed by atoms with Crippen LogP contribution in [0.3, 0.4) is 0 Å². The molecule has 1 fully saturated rings. The van der Waals surface area contributed by atoms with Gasteiger partial charge < -0.3 is 14.4 Å². The molecule has 0 unspecified atom stereocenters. The number of aryl methyl sites for hydroxylation is 1. The number of piperidine rings is 1. The zero-order chi connectivity index (χ0) is 15.6. The number of likely N-dealkylation sites (tertiary alicyclic amines) is 1. The maximum Gasteiger partial charge on any atom is 0.130 e. The first-order chi connectivity index (χ1) is 10.7. The molecular formula is C19H30NO2+. The second-order valence-electron chi connectivity index (χ2n) is 6.46. The fourth-order valence-corrected chi connectivity index (χ4v) is 3.04. The number of hydrogen-bond donors (Lipinski definition) is 1. The molecular weight excluding hydrogens is 274 g/mol. The van der Waals surface area contributed by atoms with Crippen LogP contribution in [0.2, 0.25) is 0 Å². The van der Waals surface area contributed by atoms with Crippen molar-refractivity contribution < 1.29 is 14.4 Å². The molecule has 0 spiro atoms. The first-order valence-corrected chi connectivity index (χ1v) is 8.79. The Hall–Kier alpha value is -1.35. The lowest BCUT2D eigenvalue weighted by atomic mass is 10.1. The highest BCUT2D eigenvalue weighted by Gasteiger charge is 2.12. The number of ether oxygens (including phenoxy) is 1. The number of rotatable bonds is 9. The average Bonchev–Trinajstić information content (AvgIpc) is 2.54. The third-order valence-corrected chi connectivity index (χ3v) is 4.44. The number of benzene rings is 1. The van der Waals surface area contributed by atoms with Gasteiger partial charge in [0, 0.05) is 6.42 Å². The van der Waals surface area contributed by atoms with E-state index in [0.717, 1.165) is 25.2 Å². The molecule has 1 saturated heterocycles. The maximum absolute atomic E-state index is 11.0. The van der Waals surface area contributed by atoms with Crippen LogP contribution in [0.25, 0.3) is 0 Å². The molecule has 3 heteroatoms. The Morgan fingerprint density at radius 2 is 1.82 bits per heavy atom. The quantitative estimate of drug-likeness (QED) is 0.710. The normalized spacial score (nSPS) is 15.7. The summed E-state index contributed by atoms with van der Waals surface area (Å²) in [6.45, 7) is 6.47. The molecule has 0 aliphatic carbocycles. The number of nitrogens with one attached hydrogen (secondary N) is 1. The van der Waals surface area contributed by atoms with E-state index < -0.39 is 0 Å². The molecule has 0 aromatic heterocycles. The predicted molar refractivity (Wildman–Crippen MR) is 89.6 cm³/mol. The van der Waals surface area contributed by atoms with Gasteiger partial charge in [-0.15, -0.1) is 0 Å². The number of ketones is 1. The van der Waals surface area contributed by atoms with Gasteiger partial charge in [0.05, 0.1) is 26.2 Å². The lowest BCUT2D eigenvalue weighted by molar-refractivity contribution is -0.905. The Bertz CT molecular complexity index is 435. The smallest absolute Gasteiger partial charge is 0.130 e. The minimum atomic E-state index is 0.246. The van der Waals surface area contributed by atoms with Gasteiger partial charge >= 0.3 is 0 Å². The number of quaternary nitrogens is 1. The summed E-state index contributed by atoms with van der Waals surface area (Å²) < 4.78 is 5.80. The summed E-state index contributed by atoms with van der Waals surface area (Å²) in [5.41, 5.74) is 1.20. The largest absolute Gasteiger partial charge is 0.494 e. The molecule has 1 aromatic carbocycles. The molecule has 1 N–H and O–H groups in total. The van der Waals surface area contributed by atoms with Crippen LogP contribution in [0, 0.1) is 0 Å². The summed E-state index contributed by atoms with van der Waals surface area (Å²) in [6, 6.07) is 8.17. The number of carbonyl (C=O) groups excluding carboxylic acids is 1. The van der Waals surface area contributed by atoms with E-state index in [1.54, 1.807) is 11.8 Å². The Morgan fingerprint density at radius 1 is 1.09 bits per heavy atom. The van der Waals surface area contributed by atoms with Crippen LogP contribution in [0.1, 0.15) is 51.0 Å². The fourth-order valence-electron chi connectivity index (χ4n) is 3.04. The van der Waals surface area contributed by atoms with Crippen molar-refractivity contribution in [2.75, 3.05) is 26.2 Å². The molecule has 3 nitrogen and oxygen atoms in total. The van der Waals surface area contributed by atoms with Crippen LogP contribution >= 0.6 is 0 Å². The van der Waals surface area contributed by atoms with E-state index in [1.807, 2.05) is 12.1 Å². The maximum atomic E-state index is 11.0. The molecule has 0 bridgehead atoms. The van der Waals surface area contributed by atoms with Gasteiger partial charge in [0.25, 0.3) is 0 Å². The van der Waals surface area contributed by atoms with Crippen molar-refractivity contribution in [3.63, 3.8) is 0 Å². The van der Waals surface area contributed by atoms with Gasteiger partial charge in [-0.3, -0.25) is 0 Å². The first-order valence-electron chi connectivity index (χ1n) is 8.79. The summed E-state index contributed by atoms with van der Waals surface area (Å²) in [5, 5.41) is 0. The highest BCUT2D eigenvalue weighted by Crippen LogP contribution is 2.14. The molecule has 22 heavy (non-hydrogen) atoms. The molecule has 0 amide bonds. The van der Waals surface area contributed by atoms with E-state index >= 15 is 0 Å². The van der Waals surface area contributed by atoms with Gasteiger partial charge in [-0.1, -0.05) is 12.1 Å². The Balaban J connectivity index is 1.57. The number of hydrogen-bond acceptors (Lipinski definition) is 2. The van der Waals surface area contributed by atoms with Crippen LogP contribution in [0.15, 0.2) is 24.3 Å². The number of Topliss-reactive ketones (excluding diaryl/α,β-unsaturated/α-hetero) is 1. The Labute approximate surface area is 134 Å². The zero-order valence-corrected chi connectivity index (χ0v) is 13.9. The van der Waals surface area contributed by atoms with Crippen LogP contribution in [-0.4, -0.2) is 32.0 Å². The molecule has 2 rings (SSSR count). The monoisotopic (exact) mass is 304 g/mol. The second kappa shape index (κ2) is 9.62. The van der Waals surface area contributed by atoms with Crippen LogP contribution in [-0.2, 0) is 11.2 Å². The lowest BCUT2D eigenvalue weighted by Crippen LogP contribution is -3.12. The second-order valence-corrected chi connectivity index (χ2v) is 6.46. The lowest BCUT2D eigenvalue weighted by Gasteiger charge is -2.23. The molecule has 0 atom stereocenters. The van der Waals surface area contributed by atoms with Gasteiger partial charge in [-0.05, 0) is 63.1 Å². The summed E-state index contributed by atoms with van der Waals surface area (Å²) in [7, 11) is 0. The molecule has 122 valence electrons. The van der Waals surface area contributed by atoms with E-state index in [9.17, 15) is 4.79 Å². The number of carbonyl (C=O) groups is 1. The minimum absolute atomic E-state index is 0.246. The first kappa shape index (κ1) is 17.0. The summed E-state index contributed by atoms with van der Waals surface area (Å²) in [6.07, 6.45) is 8.08. The highest BCUT2D eigenvalue weighted by molar-refractivity contribution is 5.75. The van der Waals surface area contributed by atoms with Gasteiger partial charge in [-0.2, -0.15) is 0 Å².